The van der Waals surface area contributed by atoms with Crippen molar-refractivity contribution in [1.82, 2.24) is 4.90 Å². The molecule has 0 atom stereocenters. The van der Waals surface area contributed by atoms with Crippen LogP contribution < -0.4 is 4.74 Å². The molecule has 0 radical (unpaired) electrons. The fourth-order valence-corrected chi connectivity index (χ4v) is 1.96. The van der Waals surface area contributed by atoms with E-state index >= 15 is 0 Å². The van der Waals surface area contributed by atoms with Crippen LogP contribution in [0.3, 0.4) is 0 Å². The van der Waals surface area contributed by atoms with Gasteiger partial charge in [0.25, 0.3) is 0 Å². The van der Waals surface area contributed by atoms with Crippen LogP contribution in [0.5, 0.6) is 5.75 Å². The molecule has 2 rings (SSSR count). The highest BCUT2D eigenvalue weighted by Gasteiger charge is 2.32. The van der Waals surface area contributed by atoms with Gasteiger partial charge in [0.2, 0.25) is 5.91 Å². The highest BCUT2D eigenvalue weighted by Crippen LogP contribution is 2.31. The monoisotopic (exact) mass is 251 g/mol. The number of hydrogen-bond donors (Lipinski definition) is 0. The highest BCUT2D eigenvalue weighted by molar-refractivity contribution is 5.81. The number of hydrogen-bond acceptors (Lipinski definition) is 2. The summed E-state index contributed by atoms with van der Waals surface area (Å²) in [5.74, 6) is 0.238. The van der Waals surface area contributed by atoms with Crippen molar-refractivity contribution in [3.8, 4) is 5.75 Å². The Morgan fingerprint density at radius 2 is 2.22 bits per heavy atom. The lowest BCUT2D eigenvalue weighted by Gasteiger charge is -2.21. The first-order valence-corrected chi connectivity index (χ1v) is 6.27. The fourth-order valence-electron chi connectivity index (χ4n) is 1.96. The molecule has 1 aromatic carbocycles. The Labute approximate surface area is 107 Å². The first-order chi connectivity index (χ1) is 8.65. The minimum atomic E-state index is -0.384. The molecule has 0 aromatic heterocycles. The Morgan fingerprint density at radius 1 is 1.50 bits per heavy atom. The molecular formula is C14H18FNO2. The molecule has 4 heteroatoms. The van der Waals surface area contributed by atoms with Gasteiger partial charge in [-0.3, -0.25) is 4.79 Å². The summed E-state index contributed by atoms with van der Waals surface area (Å²) in [6, 6.07) is 4.83. The number of rotatable bonds is 5. The number of amides is 1. The molecule has 18 heavy (non-hydrogen) atoms. The minimum absolute atomic E-state index is 0.189. The van der Waals surface area contributed by atoms with Crippen molar-refractivity contribution in [1.29, 1.82) is 0 Å². The van der Waals surface area contributed by atoms with Crippen molar-refractivity contribution in [2.75, 3.05) is 13.7 Å². The van der Waals surface area contributed by atoms with Crippen LogP contribution in [0.4, 0.5) is 4.39 Å². The van der Waals surface area contributed by atoms with Gasteiger partial charge in [0.1, 0.15) is 0 Å². The molecule has 3 nitrogen and oxygen atoms in total. The van der Waals surface area contributed by atoms with E-state index < -0.39 is 0 Å². The van der Waals surface area contributed by atoms with E-state index in [1.54, 1.807) is 17.0 Å². The van der Waals surface area contributed by atoms with Crippen molar-refractivity contribution < 1.29 is 13.9 Å². The van der Waals surface area contributed by atoms with E-state index in [0.717, 1.165) is 18.4 Å². The quantitative estimate of drug-likeness (QED) is 0.805. The van der Waals surface area contributed by atoms with E-state index in [0.29, 0.717) is 13.1 Å². The molecule has 0 spiro atoms. The van der Waals surface area contributed by atoms with Gasteiger partial charge in [0.15, 0.2) is 11.6 Å². The third kappa shape index (κ3) is 2.81. The van der Waals surface area contributed by atoms with Gasteiger partial charge in [-0.15, -0.1) is 0 Å². The van der Waals surface area contributed by atoms with Gasteiger partial charge in [-0.1, -0.05) is 6.07 Å². The summed E-state index contributed by atoms with van der Waals surface area (Å²) in [6.07, 6.45) is 1.98. The second-order valence-corrected chi connectivity index (χ2v) is 4.60. The maximum atomic E-state index is 13.5. The Bertz CT molecular complexity index is 443. The second-order valence-electron chi connectivity index (χ2n) is 4.60. The molecule has 1 aromatic rings. The van der Waals surface area contributed by atoms with Crippen LogP contribution in [0, 0.1) is 11.7 Å². The molecule has 1 aliphatic rings. The lowest BCUT2D eigenvalue weighted by atomic mass is 10.2. The summed E-state index contributed by atoms with van der Waals surface area (Å²) in [5.41, 5.74) is 0.796. The Kier molecular flexibility index (Phi) is 3.84. The zero-order valence-corrected chi connectivity index (χ0v) is 10.8. The number of halogens is 1. The minimum Gasteiger partial charge on any atom is -0.494 e. The fraction of sp³-hybridized carbons (Fsp3) is 0.500. The van der Waals surface area contributed by atoms with Crippen LogP contribution in [0.25, 0.3) is 0 Å². The van der Waals surface area contributed by atoms with Gasteiger partial charge in [0, 0.05) is 19.0 Å². The van der Waals surface area contributed by atoms with E-state index in [4.69, 9.17) is 4.74 Å². The van der Waals surface area contributed by atoms with Gasteiger partial charge in [0.05, 0.1) is 7.11 Å². The summed E-state index contributed by atoms with van der Waals surface area (Å²) >= 11 is 0. The molecule has 98 valence electrons. The van der Waals surface area contributed by atoms with Crippen LogP contribution >= 0.6 is 0 Å². The molecule has 0 aliphatic heterocycles. The van der Waals surface area contributed by atoms with Crippen LogP contribution in [0.2, 0.25) is 0 Å². The normalized spacial score (nSPS) is 14.4. The Balaban J connectivity index is 2.06. The largest absolute Gasteiger partial charge is 0.494 e. The van der Waals surface area contributed by atoms with Crippen LogP contribution in [-0.4, -0.2) is 24.5 Å². The molecular weight excluding hydrogens is 233 g/mol. The van der Waals surface area contributed by atoms with Gasteiger partial charge < -0.3 is 9.64 Å². The third-order valence-corrected chi connectivity index (χ3v) is 3.21. The lowest BCUT2D eigenvalue weighted by Crippen LogP contribution is -2.31. The molecule has 1 fully saturated rings. The Hall–Kier alpha value is -1.58. The Morgan fingerprint density at radius 3 is 2.72 bits per heavy atom. The highest BCUT2D eigenvalue weighted by atomic mass is 19.1. The standard InChI is InChI=1S/C14H18FNO2/c1-3-16(14(17)11-5-6-11)9-10-4-7-13(18-2)12(15)8-10/h4,7-8,11H,3,5-6,9H2,1-2H3. The van der Waals surface area contributed by atoms with Gasteiger partial charge in [-0.05, 0) is 37.5 Å². The first-order valence-electron chi connectivity index (χ1n) is 6.27. The maximum absolute atomic E-state index is 13.5. The molecule has 0 N–H and O–H groups in total. The summed E-state index contributed by atoms with van der Waals surface area (Å²) in [6.45, 7) is 3.07. The van der Waals surface area contributed by atoms with Crippen molar-refractivity contribution in [3.05, 3.63) is 29.6 Å². The van der Waals surface area contributed by atoms with E-state index in [1.807, 2.05) is 6.92 Å². The van der Waals surface area contributed by atoms with E-state index in [9.17, 15) is 9.18 Å². The number of methoxy groups -OCH3 is 1. The molecule has 0 heterocycles. The van der Waals surface area contributed by atoms with Gasteiger partial charge in [-0.2, -0.15) is 0 Å². The maximum Gasteiger partial charge on any atom is 0.225 e. The molecule has 0 saturated heterocycles. The van der Waals surface area contributed by atoms with Crippen LogP contribution in [0.15, 0.2) is 18.2 Å². The predicted molar refractivity (Wildman–Crippen MR) is 66.8 cm³/mol. The molecule has 1 saturated carbocycles. The second kappa shape index (κ2) is 5.38. The number of nitrogens with zero attached hydrogens (tertiary/aromatic N) is 1. The zero-order valence-electron chi connectivity index (χ0n) is 10.8. The number of carbonyl (C=O) groups excluding carboxylic acids is 1. The smallest absolute Gasteiger partial charge is 0.225 e. The number of benzene rings is 1. The predicted octanol–water partition coefficient (Wildman–Crippen LogP) is 2.59. The van der Waals surface area contributed by atoms with Crippen LogP contribution in [-0.2, 0) is 11.3 Å². The number of carbonyl (C=O) groups is 1. The van der Waals surface area contributed by atoms with E-state index in [1.165, 1.54) is 13.2 Å². The first kappa shape index (κ1) is 12.9. The van der Waals surface area contributed by atoms with E-state index in [2.05, 4.69) is 0 Å². The average molecular weight is 251 g/mol. The average Bonchev–Trinajstić information content (AvgIpc) is 3.19. The van der Waals surface area contributed by atoms with Crippen molar-refractivity contribution >= 4 is 5.91 Å². The summed E-state index contributed by atoms with van der Waals surface area (Å²) in [7, 11) is 1.44. The summed E-state index contributed by atoms with van der Waals surface area (Å²) in [5, 5.41) is 0. The summed E-state index contributed by atoms with van der Waals surface area (Å²) in [4.78, 5) is 13.7. The molecule has 1 aliphatic carbocycles. The van der Waals surface area contributed by atoms with Gasteiger partial charge >= 0.3 is 0 Å². The van der Waals surface area contributed by atoms with Crippen LogP contribution in [0.1, 0.15) is 25.3 Å². The zero-order chi connectivity index (χ0) is 13.1. The van der Waals surface area contributed by atoms with Crippen molar-refractivity contribution in [2.24, 2.45) is 5.92 Å². The third-order valence-electron chi connectivity index (χ3n) is 3.21. The van der Waals surface area contributed by atoms with E-state index in [-0.39, 0.29) is 23.4 Å². The van der Waals surface area contributed by atoms with Crippen molar-refractivity contribution in [3.63, 3.8) is 0 Å². The van der Waals surface area contributed by atoms with Gasteiger partial charge in [-0.25, -0.2) is 4.39 Å². The SMILES string of the molecule is CCN(Cc1ccc(OC)c(F)c1)C(=O)C1CC1. The summed E-state index contributed by atoms with van der Waals surface area (Å²) < 4.78 is 18.4. The number of ether oxygens (including phenoxy) is 1. The lowest BCUT2D eigenvalue weighted by molar-refractivity contribution is -0.132. The molecule has 1 amide bonds. The molecule has 0 bridgehead atoms. The molecule has 0 unspecified atom stereocenters. The van der Waals surface area contributed by atoms with Crippen molar-refractivity contribution in [2.45, 2.75) is 26.3 Å². The topological polar surface area (TPSA) is 29.5 Å².